The molecule has 0 spiro atoms. The summed E-state index contributed by atoms with van der Waals surface area (Å²) in [4.78, 5) is 73.1. The van der Waals surface area contributed by atoms with E-state index in [1.54, 1.807) is 16.7 Å². The molecule has 0 aliphatic carbocycles. The lowest BCUT2D eigenvalue weighted by molar-refractivity contribution is -0.157. The lowest BCUT2D eigenvalue weighted by atomic mass is 9.82. The number of ketones is 1. The van der Waals surface area contributed by atoms with E-state index < -0.39 is 35.8 Å². The Hall–Kier alpha value is -3.66. The zero-order valence-corrected chi connectivity index (χ0v) is 32.1. The summed E-state index contributed by atoms with van der Waals surface area (Å²) >= 11 is 1.70. The van der Waals surface area contributed by atoms with Gasteiger partial charge in [0.05, 0.1) is 12.5 Å². The number of benzene rings is 2. The van der Waals surface area contributed by atoms with Gasteiger partial charge in [0.2, 0.25) is 17.7 Å². The fourth-order valence-corrected chi connectivity index (χ4v) is 10.5. The molecule has 2 aromatic carbocycles. The van der Waals surface area contributed by atoms with Crippen LogP contribution in [0.1, 0.15) is 101 Å². The predicted octanol–water partition coefficient (Wildman–Crippen LogP) is 6.52. The van der Waals surface area contributed by atoms with Crippen LogP contribution >= 0.6 is 11.8 Å². The number of methoxy groups -OCH3 is 1. The van der Waals surface area contributed by atoms with Gasteiger partial charge in [-0.05, 0) is 100 Å². The van der Waals surface area contributed by atoms with Crippen molar-refractivity contribution in [3.63, 3.8) is 0 Å². The summed E-state index contributed by atoms with van der Waals surface area (Å²) < 4.78 is 5.09. The fraction of sp³-hybridized carbons (Fsp3) is 0.605. The van der Waals surface area contributed by atoms with Crippen molar-refractivity contribution in [2.75, 3.05) is 19.4 Å². The average Bonchev–Trinajstić information content (AvgIpc) is 3.34. The van der Waals surface area contributed by atoms with Gasteiger partial charge >= 0.3 is 5.97 Å². The van der Waals surface area contributed by atoms with E-state index in [0.29, 0.717) is 44.9 Å². The van der Waals surface area contributed by atoms with Crippen molar-refractivity contribution in [1.29, 1.82) is 0 Å². The van der Waals surface area contributed by atoms with Crippen LogP contribution in [0.2, 0.25) is 0 Å². The maximum atomic E-state index is 14.4. The smallest absolute Gasteiger partial charge is 0.328 e. The van der Waals surface area contributed by atoms with Gasteiger partial charge < -0.3 is 19.9 Å². The second-order valence-electron chi connectivity index (χ2n) is 15.6. The number of nitrogens with zero attached hydrogens (tertiary/aromatic N) is 2. The third kappa shape index (κ3) is 10.1. The van der Waals surface area contributed by atoms with Crippen molar-refractivity contribution < 1.29 is 28.7 Å². The molecule has 0 radical (unpaired) electrons. The number of carbonyl (C=O) groups is 5. The maximum Gasteiger partial charge on any atom is 0.328 e. The van der Waals surface area contributed by atoms with Crippen LogP contribution in [-0.4, -0.2) is 82.2 Å². The Balaban J connectivity index is 1.19. The predicted molar refractivity (Wildman–Crippen MR) is 207 cm³/mol. The van der Waals surface area contributed by atoms with E-state index >= 15 is 0 Å². The highest BCUT2D eigenvalue weighted by Gasteiger charge is 2.44. The van der Waals surface area contributed by atoms with Crippen LogP contribution in [0.15, 0.2) is 60.7 Å². The fourth-order valence-electron chi connectivity index (χ4n) is 9.04. The number of fused-ring (bicyclic) bond motifs is 2. The molecule has 0 aromatic heterocycles. The summed E-state index contributed by atoms with van der Waals surface area (Å²) in [5, 5.41) is 3.13. The molecule has 9 nitrogen and oxygen atoms in total. The maximum absolute atomic E-state index is 14.4. The second kappa shape index (κ2) is 19.1. The summed E-state index contributed by atoms with van der Waals surface area (Å²) in [7, 11) is 1.36. The first kappa shape index (κ1) is 39.0. The van der Waals surface area contributed by atoms with Crippen LogP contribution in [0.5, 0.6) is 0 Å². The third-order valence-corrected chi connectivity index (χ3v) is 13.3. The van der Waals surface area contributed by atoms with Crippen molar-refractivity contribution in [1.82, 2.24) is 15.1 Å². The quantitative estimate of drug-likeness (QED) is 0.233. The Bertz CT molecular complexity index is 1560. The third-order valence-electron chi connectivity index (χ3n) is 12.0. The normalized spacial score (nSPS) is 26.2. The molecule has 4 aliphatic rings. The van der Waals surface area contributed by atoms with E-state index in [9.17, 15) is 24.0 Å². The molecule has 286 valence electrons. The van der Waals surface area contributed by atoms with Crippen molar-refractivity contribution in [3.8, 4) is 0 Å². The summed E-state index contributed by atoms with van der Waals surface area (Å²) in [6, 6.07) is 19.0. The van der Waals surface area contributed by atoms with Crippen LogP contribution in [0.3, 0.4) is 0 Å². The lowest BCUT2D eigenvalue weighted by Crippen LogP contribution is -2.55. The van der Waals surface area contributed by atoms with Crippen LogP contribution < -0.4 is 5.32 Å². The summed E-state index contributed by atoms with van der Waals surface area (Å²) in [5.41, 5.74) is 2.08. The SMILES string of the molecule is COC(=O)[C@@H]1CCC[C@@H]2SCC[C@H](CC(=O)[C@H](CC[C@H](Cc3ccccc3)C(=O)N[C@H]3CCCC[C@H]4CCCCN4C3=O)Cc3ccccc3)C(=O)N21. The number of piperidine rings is 2. The van der Waals surface area contributed by atoms with Crippen LogP contribution in [0, 0.1) is 17.8 Å². The molecule has 10 heteroatoms. The number of thioether (sulfide) groups is 1. The van der Waals surface area contributed by atoms with Gasteiger partial charge in [-0.3, -0.25) is 19.2 Å². The molecule has 3 amide bonds. The largest absolute Gasteiger partial charge is 0.467 e. The minimum atomic E-state index is -0.614. The molecule has 0 bridgehead atoms. The van der Waals surface area contributed by atoms with Gasteiger partial charge in [0.25, 0.3) is 0 Å². The molecule has 1 N–H and O–H groups in total. The van der Waals surface area contributed by atoms with E-state index in [2.05, 4.69) is 5.32 Å². The minimum Gasteiger partial charge on any atom is -0.467 e. The van der Waals surface area contributed by atoms with Gasteiger partial charge in [0, 0.05) is 36.8 Å². The molecule has 4 saturated heterocycles. The summed E-state index contributed by atoms with van der Waals surface area (Å²) in [5.74, 6) is -1.14. The number of hydrogen-bond donors (Lipinski definition) is 1. The van der Waals surface area contributed by atoms with Gasteiger partial charge in [0.15, 0.2) is 0 Å². The number of Topliss-reactive ketones (excluding diaryl/α,β-unsaturated/α-hetero) is 1. The van der Waals surface area contributed by atoms with E-state index in [0.717, 1.165) is 74.8 Å². The Morgan fingerprint density at radius 1 is 0.774 bits per heavy atom. The molecule has 7 atom stereocenters. The van der Waals surface area contributed by atoms with Crippen molar-refractivity contribution in [2.24, 2.45) is 17.8 Å². The molecule has 0 saturated carbocycles. The first-order chi connectivity index (χ1) is 25.8. The van der Waals surface area contributed by atoms with Crippen molar-refractivity contribution in [3.05, 3.63) is 71.8 Å². The number of ether oxygens (including phenoxy) is 1. The van der Waals surface area contributed by atoms with Crippen molar-refractivity contribution in [2.45, 2.75) is 126 Å². The van der Waals surface area contributed by atoms with Crippen LogP contribution in [0.25, 0.3) is 0 Å². The molecular formula is C43H57N3O6S. The molecule has 4 heterocycles. The molecule has 4 aliphatic heterocycles. The molecule has 4 fully saturated rings. The first-order valence-corrected chi connectivity index (χ1v) is 21.1. The average molecular weight is 744 g/mol. The van der Waals surface area contributed by atoms with Gasteiger partial charge in [-0.1, -0.05) is 73.5 Å². The topological polar surface area (TPSA) is 113 Å². The Morgan fingerprint density at radius 3 is 2.11 bits per heavy atom. The first-order valence-electron chi connectivity index (χ1n) is 20.1. The Kier molecular flexibility index (Phi) is 14.1. The second-order valence-corrected chi connectivity index (χ2v) is 16.9. The summed E-state index contributed by atoms with van der Waals surface area (Å²) in [6.45, 7) is 0.760. The van der Waals surface area contributed by atoms with Crippen molar-refractivity contribution >= 4 is 41.2 Å². The number of rotatable bonds is 13. The number of nitrogens with one attached hydrogen (secondary N) is 1. The number of amides is 3. The molecule has 0 unspecified atom stereocenters. The van der Waals surface area contributed by atoms with E-state index in [-0.39, 0.29) is 41.3 Å². The monoisotopic (exact) mass is 743 g/mol. The number of hydrogen-bond acceptors (Lipinski definition) is 7. The van der Waals surface area contributed by atoms with E-state index in [1.165, 1.54) is 7.11 Å². The summed E-state index contributed by atoms with van der Waals surface area (Å²) in [6.07, 6.45) is 11.8. The molecule has 6 rings (SSSR count). The lowest BCUT2D eigenvalue weighted by Gasteiger charge is -2.40. The highest BCUT2D eigenvalue weighted by molar-refractivity contribution is 7.99. The Labute approximate surface area is 319 Å². The van der Waals surface area contributed by atoms with Gasteiger partial charge in [0.1, 0.15) is 17.9 Å². The Morgan fingerprint density at radius 2 is 1.42 bits per heavy atom. The molecule has 2 aromatic rings. The standard InChI is InChI=1S/C43H57N3O6S/c1-52-43(51)37-20-12-21-39-46(37)41(49)34(24-26-53-39)29-38(47)32(27-30-13-4-2-5-14-30)22-23-33(28-31-15-6-3-7-16-31)40(48)44-36-19-9-8-17-35-18-10-11-25-45(35)42(36)50/h2-7,13-16,32-37,39H,8-12,17-29H2,1H3,(H,44,48)/t32-,33-,34-,35+,36+,37+,39+/m1/s1. The van der Waals surface area contributed by atoms with Gasteiger partial charge in [-0.25, -0.2) is 4.79 Å². The molecule has 53 heavy (non-hydrogen) atoms. The van der Waals surface area contributed by atoms with E-state index in [1.807, 2.05) is 65.6 Å². The van der Waals surface area contributed by atoms with Gasteiger partial charge in [-0.2, -0.15) is 0 Å². The van der Waals surface area contributed by atoms with Gasteiger partial charge in [-0.15, -0.1) is 11.8 Å². The highest BCUT2D eigenvalue weighted by atomic mass is 32.2. The zero-order valence-electron chi connectivity index (χ0n) is 31.3. The number of carbonyl (C=O) groups excluding carboxylic acids is 5. The van der Waals surface area contributed by atoms with E-state index in [4.69, 9.17) is 4.74 Å². The molecular weight excluding hydrogens is 687 g/mol. The zero-order chi connectivity index (χ0) is 37.2. The van der Waals surface area contributed by atoms with Crippen LogP contribution in [-0.2, 0) is 41.6 Å². The minimum absolute atomic E-state index is 0.0208. The van der Waals surface area contributed by atoms with Crippen LogP contribution in [0.4, 0.5) is 0 Å². The number of esters is 1. The highest BCUT2D eigenvalue weighted by Crippen LogP contribution is 2.38.